The Labute approximate surface area is 236 Å². The van der Waals surface area contributed by atoms with Crippen molar-refractivity contribution in [3.05, 3.63) is 101 Å². The van der Waals surface area contributed by atoms with E-state index in [-0.39, 0.29) is 24.9 Å². The summed E-state index contributed by atoms with van der Waals surface area (Å²) in [5.41, 5.74) is 2.85. The molecule has 0 heterocycles. The molecule has 9 heteroatoms. The number of nitrogens with zero attached hydrogens (tertiary/aromatic N) is 2. The van der Waals surface area contributed by atoms with E-state index in [0.29, 0.717) is 17.1 Å². The number of sulfonamides is 1. The largest absolute Gasteiger partial charge is 0.352 e. The second-order valence-electron chi connectivity index (χ2n) is 9.77. The molecule has 0 saturated carbocycles. The first-order chi connectivity index (χ1) is 18.5. The van der Waals surface area contributed by atoms with Gasteiger partial charge in [0.2, 0.25) is 21.8 Å². The van der Waals surface area contributed by atoms with Crippen LogP contribution in [0.4, 0.5) is 5.69 Å². The van der Waals surface area contributed by atoms with E-state index >= 15 is 0 Å². The smallest absolute Gasteiger partial charge is 0.244 e. The molecule has 39 heavy (non-hydrogen) atoms. The van der Waals surface area contributed by atoms with Crippen LogP contribution in [-0.2, 0) is 39.0 Å². The first kappa shape index (κ1) is 30.2. The van der Waals surface area contributed by atoms with Crippen LogP contribution < -0.4 is 9.62 Å². The molecule has 1 atom stereocenters. The first-order valence-corrected chi connectivity index (χ1v) is 15.2. The Morgan fingerprint density at radius 2 is 1.56 bits per heavy atom. The van der Waals surface area contributed by atoms with Gasteiger partial charge in [-0.3, -0.25) is 13.9 Å². The van der Waals surface area contributed by atoms with Gasteiger partial charge in [-0.1, -0.05) is 79.2 Å². The summed E-state index contributed by atoms with van der Waals surface area (Å²) in [6.45, 7) is 5.27. The number of carbonyl (C=O) groups excluding carboxylic acids is 2. The van der Waals surface area contributed by atoms with Crippen LogP contribution in [0.15, 0.2) is 78.9 Å². The summed E-state index contributed by atoms with van der Waals surface area (Å²) in [5.74, 6) is -0.810. The van der Waals surface area contributed by atoms with Crippen LogP contribution in [0.2, 0.25) is 5.02 Å². The highest BCUT2D eigenvalue weighted by Crippen LogP contribution is 2.25. The van der Waals surface area contributed by atoms with Crippen molar-refractivity contribution in [3.8, 4) is 0 Å². The molecule has 0 bridgehead atoms. The van der Waals surface area contributed by atoms with Gasteiger partial charge in [-0.15, -0.1) is 0 Å². The topological polar surface area (TPSA) is 86.8 Å². The summed E-state index contributed by atoms with van der Waals surface area (Å²) in [5, 5.41) is 3.44. The molecule has 0 saturated heterocycles. The molecule has 0 fully saturated rings. The van der Waals surface area contributed by atoms with Gasteiger partial charge in [-0.25, -0.2) is 8.42 Å². The lowest BCUT2D eigenvalue weighted by molar-refractivity contribution is -0.140. The molecular weight excluding hydrogens is 534 g/mol. The molecule has 208 valence electrons. The second-order valence-corrected chi connectivity index (χ2v) is 12.1. The highest BCUT2D eigenvalue weighted by Gasteiger charge is 2.33. The number of carbonyl (C=O) groups is 2. The standard InChI is InChI=1S/C30H36ClN3O4S/c1-5-25-15-9-10-17-27(25)34(39(4,37)38)21-29(35)33(20-24-14-11-16-26(31)18-24)28(30(36)32-22(2)3)19-23-12-7-6-8-13-23/h6-18,22,28H,5,19-21H2,1-4H3,(H,32,36)/t28-/m0/s1. The van der Waals surface area contributed by atoms with E-state index in [2.05, 4.69) is 5.32 Å². The number of para-hydroxylation sites is 1. The highest BCUT2D eigenvalue weighted by molar-refractivity contribution is 7.92. The molecule has 3 aromatic carbocycles. The molecule has 0 aliphatic carbocycles. The number of nitrogens with one attached hydrogen (secondary N) is 1. The Hall–Kier alpha value is -3.36. The summed E-state index contributed by atoms with van der Waals surface area (Å²) in [6.07, 6.45) is 1.94. The van der Waals surface area contributed by atoms with Gasteiger partial charge in [0, 0.05) is 24.0 Å². The number of anilines is 1. The van der Waals surface area contributed by atoms with Crippen molar-refractivity contribution in [2.24, 2.45) is 0 Å². The average molecular weight is 570 g/mol. The fourth-order valence-corrected chi connectivity index (χ4v) is 5.51. The third kappa shape index (κ3) is 8.57. The SMILES string of the molecule is CCc1ccccc1N(CC(=O)N(Cc1cccc(Cl)c1)[C@@H](Cc1ccccc1)C(=O)NC(C)C)S(C)(=O)=O. The average Bonchev–Trinajstić information content (AvgIpc) is 2.88. The second kappa shape index (κ2) is 13.6. The Kier molecular flexibility index (Phi) is 10.5. The molecule has 0 radical (unpaired) electrons. The van der Waals surface area contributed by atoms with Crippen molar-refractivity contribution in [1.82, 2.24) is 10.2 Å². The van der Waals surface area contributed by atoms with Crippen molar-refractivity contribution >= 4 is 39.1 Å². The number of amides is 2. The van der Waals surface area contributed by atoms with Gasteiger partial charge in [0.1, 0.15) is 12.6 Å². The lowest BCUT2D eigenvalue weighted by Crippen LogP contribution is -2.54. The molecule has 7 nitrogen and oxygen atoms in total. The lowest BCUT2D eigenvalue weighted by atomic mass is 10.0. The number of benzene rings is 3. The monoisotopic (exact) mass is 569 g/mol. The van der Waals surface area contributed by atoms with Crippen molar-refractivity contribution in [1.29, 1.82) is 0 Å². The van der Waals surface area contributed by atoms with Crippen LogP contribution in [0.25, 0.3) is 0 Å². The summed E-state index contributed by atoms with van der Waals surface area (Å²) in [4.78, 5) is 29.1. The van der Waals surface area contributed by atoms with E-state index in [1.54, 1.807) is 30.3 Å². The van der Waals surface area contributed by atoms with Gasteiger partial charge in [-0.05, 0) is 55.2 Å². The molecular formula is C30H36ClN3O4S. The van der Waals surface area contributed by atoms with Gasteiger partial charge >= 0.3 is 0 Å². The number of hydrogen-bond donors (Lipinski definition) is 1. The predicted octanol–water partition coefficient (Wildman–Crippen LogP) is 4.83. The zero-order chi connectivity index (χ0) is 28.6. The van der Waals surface area contributed by atoms with E-state index in [1.165, 1.54) is 4.90 Å². The number of rotatable bonds is 12. The third-order valence-electron chi connectivity index (χ3n) is 6.26. The zero-order valence-electron chi connectivity index (χ0n) is 22.8. The molecule has 0 aliphatic rings. The summed E-state index contributed by atoms with van der Waals surface area (Å²) >= 11 is 6.24. The minimum atomic E-state index is -3.82. The molecule has 3 aromatic rings. The summed E-state index contributed by atoms with van der Waals surface area (Å²) in [6, 6.07) is 22.6. The van der Waals surface area contributed by atoms with Crippen molar-refractivity contribution < 1.29 is 18.0 Å². The van der Waals surface area contributed by atoms with Crippen LogP contribution in [0.3, 0.4) is 0 Å². The molecule has 0 spiro atoms. The van der Waals surface area contributed by atoms with Gasteiger partial charge in [-0.2, -0.15) is 0 Å². The third-order valence-corrected chi connectivity index (χ3v) is 7.63. The van der Waals surface area contributed by atoms with Crippen LogP contribution in [0.1, 0.15) is 37.5 Å². The Balaban J connectivity index is 2.08. The zero-order valence-corrected chi connectivity index (χ0v) is 24.4. The molecule has 0 aromatic heterocycles. The number of aryl methyl sites for hydroxylation is 1. The molecule has 3 rings (SSSR count). The highest BCUT2D eigenvalue weighted by atomic mass is 35.5. The van der Waals surface area contributed by atoms with Crippen molar-refractivity contribution in [3.63, 3.8) is 0 Å². The van der Waals surface area contributed by atoms with E-state index in [0.717, 1.165) is 27.3 Å². The summed E-state index contributed by atoms with van der Waals surface area (Å²) in [7, 11) is -3.82. The quantitative estimate of drug-likeness (QED) is 0.338. The van der Waals surface area contributed by atoms with Crippen LogP contribution in [0.5, 0.6) is 0 Å². The Morgan fingerprint density at radius 1 is 0.923 bits per heavy atom. The van der Waals surface area contributed by atoms with E-state index < -0.39 is 28.5 Å². The maximum atomic E-state index is 14.1. The van der Waals surface area contributed by atoms with Crippen molar-refractivity contribution in [2.75, 3.05) is 17.1 Å². The van der Waals surface area contributed by atoms with E-state index in [1.807, 2.05) is 69.3 Å². The van der Waals surface area contributed by atoms with Gasteiger partial charge in [0.05, 0.1) is 11.9 Å². The minimum Gasteiger partial charge on any atom is -0.352 e. The van der Waals surface area contributed by atoms with Crippen LogP contribution >= 0.6 is 11.6 Å². The number of halogens is 1. The summed E-state index contributed by atoms with van der Waals surface area (Å²) < 4.78 is 27.0. The molecule has 1 N–H and O–H groups in total. The molecule has 0 unspecified atom stereocenters. The van der Waals surface area contributed by atoms with E-state index in [9.17, 15) is 18.0 Å². The Morgan fingerprint density at radius 3 is 2.18 bits per heavy atom. The minimum absolute atomic E-state index is 0.0788. The van der Waals surface area contributed by atoms with Crippen LogP contribution in [0, 0.1) is 0 Å². The fourth-order valence-electron chi connectivity index (χ4n) is 4.41. The van der Waals surface area contributed by atoms with Gasteiger partial charge in [0.15, 0.2) is 0 Å². The van der Waals surface area contributed by atoms with Crippen LogP contribution in [-0.4, -0.2) is 50.0 Å². The number of hydrogen-bond acceptors (Lipinski definition) is 4. The predicted molar refractivity (Wildman–Crippen MR) is 157 cm³/mol. The fraction of sp³-hybridized carbons (Fsp3) is 0.333. The van der Waals surface area contributed by atoms with Gasteiger partial charge in [0.25, 0.3) is 0 Å². The molecule has 2 amide bonds. The first-order valence-electron chi connectivity index (χ1n) is 12.9. The maximum absolute atomic E-state index is 14.1. The van der Waals surface area contributed by atoms with Crippen molar-refractivity contribution in [2.45, 2.75) is 52.2 Å². The Bertz CT molecular complexity index is 1380. The normalized spacial score (nSPS) is 12.2. The lowest BCUT2D eigenvalue weighted by Gasteiger charge is -2.34. The van der Waals surface area contributed by atoms with Gasteiger partial charge < -0.3 is 10.2 Å². The van der Waals surface area contributed by atoms with E-state index in [4.69, 9.17) is 11.6 Å². The maximum Gasteiger partial charge on any atom is 0.244 e. The molecule has 0 aliphatic heterocycles.